The van der Waals surface area contributed by atoms with E-state index in [1.165, 1.54) is 4.90 Å². The molecule has 4 aromatic rings. The van der Waals surface area contributed by atoms with E-state index in [0.717, 1.165) is 11.1 Å². The maximum atomic E-state index is 13.5. The lowest BCUT2D eigenvalue weighted by Crippen LogP contribution is -2.33. The number of ketones is 1. The molecule has 1 saturated heterocycles. The minimum Gasteiger partial charge on any atom is -0.507 e. The zero-order valence-electron chi connectivity index (χ0n) is 24.3. The smallest absolute Gasteiger partial charge is 0.295 e. The van der Waals surface area contributed by atoms with Gasteiger partial charge in [-0.25, -0.2) is 0 Å². The summed E-state index contributed by atoms with van der Waals surface area (Å²) in [6.07, 6.45) is 0. The number of hydrogen-bond acceptors (Lipinski definition) is 7. The van der Waals surface area contributed by atoms with E-state index in [1.807, 2.05) is 37.3 Å². The first-order valence-electron chi connectivity index (χ1n) is 13.9. The predicted molar refractivity (Wildman–Crippen MR) is 162 cm³/mol. The van der Waals surface area contributed by atoms with Gasteiger partial charge in [-0.3, -0.25) is 9.59 Å². The van der Waals surface area contributed by atoms with Crippen LogP contribution in [-0.2, 0) is 16.2 Å². The summed E-state index contributed by atoms with van der Waals surface area (Å²) in [5, 5.41) is 11.5. The Balaban J connectivity index is 1.44. The van der Waals surface area contributed by atoms with E-state index in [-0.39, 0.29) is 24.5 Å². The lowest BCUT2D eigenvalue weighted by molar-refractivity contribution is -0.140. The number of carbonyl (C=O) groups excluding carboxylic acids is 2. The topological polar surface area (TPSA) is 94.5 Å². The summed E-state index contributed by atoms with van der Waals surface area (Å²) >= 11 is 0. The van der Waals surface area contributed by atoms with Gasteiger partial charge in [-0.1, -0.05) is 42.5 Å². The van der Waals surface area contributed by atoms with E-state index in [9.17, 15) is 14.7 Å². The number of benzene rings is 4. The Morgan fingerprint density at radius 1 is 0.791 bits per heavy atom. The summed E-state index contributed by atoms with van der Waals surface area (Å²) in [6.45, 7) is 2.51. The van der Waals surface area contributed by atoms with Gasteiger partial charge in [-0.05, 0) is 78.2 Å². The number of ether oxygens (including phenoxy) is 4. The largest absolute Gasteiger partial charge is 0.507 e. The summed E-state index contributed by atoms with van der Waals surface area (Å²) < 4.78 is 22.4. The Morgan fingerprint density at radius 2 is 1.51 bits per heavy atom. The third kappa shape index (κ3) is 6.48. The fourth-order valence-electron chi connectivity index (χ4n) is 5.05. The van der Waals surface area contributed by atoms with Crippen molar-refractivity contribution >= 4 is 17.4 Å². The van der Waals surface area contributed by atoms with Gasteiger partial charge in [0.25, 0.3) is 11.7 Å². The average molecular weight is 580 g/mol. The van der Waals surface area contributed by atoms with Gasteiger partial charge < -0.3 is 29.0 Å². The zero-order chi connectivity index (χ0) is 30.3. The van der Waals surface area contributed by atoms with Gasteiger partial charge in [0, 0.05) is 5.56 Å². The van der Waals surface area contributed by atoms with Crippen LogP contribution in [0.5, 0.6) is 23.0 Å². The second kappa shape index (κ2) is 13.2. The van der Waals surface area contributed by atoms with Gasteiger partial charge in [-0.2, -0.15) is 0 Å². The first-order valence-corrected chi connectivity index (χ1v) is 13.9. The first-order chi connectivity index (χ1) is 20.9. The summed E-state index contributed by atoms with van der Waals surface area (Å²) in [7, 11) is 3.13. The molecule has 0 bridgehead atoms. The van der Waals surface area contributed by atoms with Crippen LogP contribution in [0.1, 0.15) is 28.3 Å². The molecule has 8 heteroatoms. The Morgan fingerprint density at radius 3 is 2.21 bits per heavy atom. The van der Waals surface area contributed by atoms with E-state index < -0.39 is 17.7 Å². The quantitative estimate of drug-likeness (QED) is 0.131. The van der Waals surface area contributed by atoms with E-state index in [1.54, 1.807) is 80.9 Å². The number of amides is 1. The van der Waals surface area contributed by atoms with Crippen LogP contribution in [0.3, 0.4) is 0 Å². The van der Waals surface area contributed by atoms with Crippen molar-refractivity contribution in [2.24, 2.45) is 0 Å². The van der Waals surface area contributed by atoms with Crippen LogP contribution in [0, 0.1) is 6.92 Å². The van der Waals surface area contributed by atoms with E-state index in [2.05, 4.69) is 0 Å². The lowest BCUT2D eigenvalue weighted by Gasteiger charge is -2.25. The van der Waals surface area contributed by atoms with Crippen molar-refractivity contribution in [2.75, 3.05) is 27.4 Å². The van der Waals surface area contributed by atoms with Crippen molar-refractivity contribution in [3.63, 3.8) is 0 Å². The minimum absolute atomic E-state index is 0.0000504. The number of likely N-dealkylation sites (tertiary alicyclic amines) is 1. The maximum Gasteiger partial charge on any atom is 0.295 e. The molecule has 0 aromatic heterocycles. The summed E-state index contributed by atoms with van der Waals surface area (Å²) in [5.74, 6) is 0.767. The number of rotatable bonds is 11. The molecule has 1 fully saturated rings. The van der Waals surface area contributed by atoms with E-state index >= 15 is 0 Å². The van der Waals surface area contributed by atoms with E-state index in [0.29, 0.717) is 40.7 Å². The molecule has 1 unspecified atom stereocenters. The van der Waals surface area contributed by atoms with Crippen LogP contribution in [-0.4, -0.2) is 49.1 Å². The number of hydrogen-bond donors (Lipinski definition) is 1. The number of methoxy groups -OCH3 is 2. The number of Topliss-reactive ketones (excluding diaryl/α,β-unsaturated/α-hetero) is 1. The second-order valence-corrected chi connectivity index (χ2v) is 10.0. The molecule has 0 aliphatic carbocycles. The van der Waals surface area contributed by atoms with Crippen molar-refractivity contribution in [1.29, 1.82) is 0 Å². The monoisotopic (exact) mass is 579 g/mol. The first kappa shape index (κ1) is 29.3. The second-order valence-electron chi connectivity index (χ2n) is 10.0. The van der Waals surface area contributed by atoms with Gasteiger partial charge in [0.05, 0.1) is 32.4 Å². The predicted octanol–water partition coefficient (Wildman–Crippen LogP) is 6.09. The molecule has 1 amide bonds. The number of aliphatic hydroxyl groups is 1. The van der Waals surface area contributed by atoms with Crippen molar-refractivity contribution in [3.05, 3.63) is 125 Å². The molecular formula is C35H33NO7. The number of aryl methyl sites for hydroxylation is 1. The van der Waals surface area contributed by atoms with Gasteiger partial charge in [0.2, 0.25) is 0 Å². The SMILES string of the molecule is COc1ccc(OCCN2C(=O)C(=O)/C(=C(\O)c3ccc(OCc4ccccc4)c(C)c3)C2c2cccc(OC)c2)cc1. The number of nitrogens with zero attached hydrogens (tertiary/aromatic N) is 1. The normalized spacial score (nSPS) is 15.8. The Hall–Kier alpha value is -5.24. The molecule has 220 valence electrons. The summed E-state index contributed by atoms with van der Waals surface area (Å²) in [6, 6.07) is 28.4. The Kier molecular flexibility index (Phi) is 8.96. The van der Waals surface area contributed by atoms with Crippen LogP contribution >= 0.6 is 0 Å². The fraction of sp³-hybridized carbons (Fsp3) is 0.200. The molecule has 0 spiro atoms. The Bertz CT molecular complexity index is 1630. The molecule has 1 N–H and O–H groups in total. The maximum absolute atomic E-state index is 13.5. The molecular weight excluding hydrogens is 546 g/mol. The molecule has 1 atom stereocenters. The van der Waals surface area contributed by atoms with Crippen molar-refractivity contribution in [2.45, 2.75) is 19.6 Å². The van der Waals surface area contributed by atoms with Gasteiger partial charge >= 0.3 is 0 Å². The minimum atomic E-state index is -0.844. The average Bonchev–Trinajstić information content (AvgIpc) is 3.29. The molecule has 5 rings (SSSR count). The van der Waals surface area contributed by atoms with Crippen molar-refractivity contribution in [3.8, 4) is 23.0 Å². The van der Waals surface area contributed by atoms with Crippen LogP contribution in [0.2, 0.25) is 0 Å². The highest BCUT2D eigenvalue weighted by molar-refractivity contribution is 6.46. The molecule has 1 aliphatic heterocycles. The number of carbonyl (C=O) groups is 2. The molecule has 4 aromatic carbocycles. The van der Waals surface area contributed by atoms with Gasteiger partial charge in [0.1, 0.15) is 42.0 Å². The highest BCUT2D eigenvalue weighted by Crippen LogP contribution is 2.40. The molecule has 0 saturated carbocycles. The van der Waals surface area contributed by atoms with Gasteiger partial charge in [-0.15, -0.1) is 0 Å². The Labute approximate surface area is 250 Å². The zero-order valence-corrected chi connectivity index (χ0v) is 24.3. The summed E-state index contributed by atoms with van der Waals surface area (Å²) in [5.41, 5.74) is 2.84. The fourth-order valence-corrected chi connectivity index (χ4v) is 5.05. The number of aliphatic hydroxyl groups excluding tert-OH is 1. The van der Waals surface area contributed by atoms with E-state index in [4.69, 9.17) is 18.9 Å². The van der Waals surface area contributed by atoms with Crippen molar-refractivity contribution < 1.29 is 33.6 Å². The van der Waals surface area contributed by atoms with Crippen molar-refractivity contribution in [1.82, 2.24) is 4.90 Å². The third-order valence-corrected chi connectivity index (χ3v) is 7.30. The molecule has 1 heterocycles. The van der Waals surface area contributed by atoms with Crippen LogP contribution < -0.4 is 18.9 Å². The molecule has 0 radical (unpaired) electrons. The van der Waals surface area contributed by atoms with Crippen LogP contribution in [0.4, 0.5) is 0 Å². The van der Waals surface area contributed by atoms with Crippen LogP contribution in [0.25, 0.3) is 5.76 Å². The highest BCUT2D eigenvalue weighted by atomic mass is 16.5. The summed E-state index contributed by atoms with van der Waals surface area (Å²) in [4.78, 5) is 28.3. The lowest BCUT2D eigenvalue weighted by atomic mass is 9.94. The molecule has 8 nitrogen and oxygen atoms in total. The molecule has 1 aliphatic rings. The highest BCUT2D eigenvalue weighted by Gasteiger charge is 2.46. The third-order valence-electron chi connectivity index (χ3n) is 7.30. The van der Waals surface area contributed by atoms with Crippen LogP contribution in [0.15, 0.2) is 103 Å². The van der Waals surface area contributed by atoms with Gasteiger partial charge in [0.15, 0.2) is 0 Å². The molecule has 43 heavy (non-hydrogen) atoms. The standard InChI is InChI=1S/C35H33NO7/c1-23-20-26(12-17-30(23)43-22-24-8-5-4-6-9-24)33(37)31-32(25-10-7-11-29(21-25)41-3)36(35(39)34(31)38)18-19-42-28-15-13-27(40-2)14-16-28/h4-17,20-21,32,37H,18-19,22H2,1-3H3/b33-31-.